The summed E-state index contributed by atoms with van der Waals surface area (Å²) < 4.78 is 0. The fourth-order valence-electron chi connectivity index (χ4n) is 2.21. The van der Waals surface area contributed by atoms with Crippen molar-refractivity contribution in [3.8, 4) is 11.3 Å². The molecule has 9 heteroatoms. The van der Waals surface area contributed by atoms with E-state index < -0.39 is 4.92 Å². The van der Waals surface area contributed by atoms with Crippen molar-refractivity contribution in [1.29, 1.82) is 0 Å². The van der Waals surface area contributed by atoms with E-state index >= 15 is 0 Å². The van der Waals surface area contributed by atoms with Crippen LogP contribution in [0.5, 0.6) is 0 Å². The third-order valence-electron chi connectivity index (χ3n) is 3.47. The molecule has 27 heavy (non-hydrogen) atoms. The molecule has 7 nitrogen and oxygen atoms in total. The zero-order chi connectivity index (χ0) is 19.2. The number of thioether (sulfide) groups is 1. The number of nitro groups is 1. The number of carbonyl (C=O) groups is 1. The first-order chi connectivity index (χ1) is 13.0. The van der Waals surface area contributed by atoms with Gasteiger partial charge in [-0.3, -0.25) is 14.9 Å². The summed E-state index contributed by atoms with van der Waals surface area (Å²) in [6, 6.07) is 16.6. The largest absolute Gasteiger partial charge is 0.325 e. The minimum atomic E-state index is -0.512. The van der Waals surface area contributed by atoms with E-state index in [-0.39, 0.29) is 17.3 Å². The van der Waals surface area contributed by atoms with Crippen LogP contribution in [0.1, 0.15) is 0 Å². The van der Waals surface area contributed by atoms with Crippen molar-refractivity contribution >= 4 is 40.6 Å². The number of halogens is 1. The van der Waals surface area contributed by atoms with Gasteiger partial charge in [-0.25, -0.2) is 0 Å². The molecule has 0 bridgehead atoms. The predicted molar refractivity (Wildman–Crippen MR) is 105 cm³/mol. The number of rotatable bonds is 6. The summed E-state index contributed by atoms with van der Waals surface area (Å²) in [6.07, 6.45) is 0. The maximum absolute atomic E-state index is 12.0. The van der Waals surface area contributed by atoms with Crippen LogP contribution in [0.25, 0.3) is 11.3 Å². The van der Waals surface area contributed by atoms with Gasteiger partial charge in [-0.05, 0) is 30.3 Å². The molecule has 3 aromatic rings. The van der Waals surface area contributed by atoms with E-state index in [1.54, 1.807) is 24.3 Å². The Morgan fingerprint density at radius 1 is 1.11 bits per heavy atom. The van der Waals surface area contributed by atoms with Crippen molar-refractivity contribution in [2.75, 3.05) is 11.1 Å². The molecular weight excluding hydrogens is 388 g/mol. The van der Waals surface area contributed by atoms with E-state index in [1.807, 2.05) is 18.2 Å². The van der Waals surface area contributed by atoms with E-state index in [9.17, 15) is 14.9 Å². The van der Waals surface area contributed by atoms with Gasteiger partial charge in [0.15, 0.2) is 0 Å². The average molecular weight is 401 g/mol. The summed E-state index contributed by atoms with van der Waals surface area (Å²) >= 11 is 7.09. The zero-order valence-corrected chi connectivity index (χ0v) is 15.4. The Morgan fingerprint density at radius 3 is 2.56 bits per heavy atom. The van der Waals surface area contributed by atoms with Gasteiger partial charge in [-0.2, -0.15) is 0 Å². The first kappa shape index (κ1) is 18.8. The van der Waals surface area contributed by atoms with E-state index in [1.165, 1.54) is 30.0 Å². The molecule has 0 radical (unpaired) electrons. The molecule has 0 spiro atoms. The van der Waals surface area contributed by atoms with Crippen LogP contribution >= 0.6 is 23.4 Å². The molecular formula is C18H13ClN4O3S. The minimum absolute atomic E-state index is 0.0795. The Bertz CT molecular complexity index is 965. The molecule has 0 unspecified atom stereocenters. The van der Waals surface area contributed by atoms with Crippen LogP contribution in [-0.2, 0) is 4.79 Å². The molecule has 0 saturated heterocycles. The molecule has 0 fully saturated rings. The van der Waals surface area contributed by atoms with Crippen LogP contribution in [-0.4, -0.2) is 26.8 Å². The van der Waals surface area contributed by atoms with Crippen molar-refractivity contribution in [2.24, 2.45) is 0 Å². The number of nitrogens with one attached hydrogen (secondary N) is 1. The Hall–Kier alpha value is -2.97. The van der Waals surface area contributed by atoms with Gasteiger partial charge in [0.1, 0.15) is 5.03 Å². The van der Waals surface area contributed by atoms with Crippen molar-refractivity contribution in [3.05, 3.63) is 75.8 Å². The Morgan fingerprint density at radius 2 is 1.89 bits per heavy atom. The SMILES string of the molecule is O=C(CSc1ccc(-c2ccc(Cl)cc2)nn1)Nc1cccc([N+](=O)[O-])c1. The van der Waals surface area contributed by atoms with Crippen molar-refractivity contribution in [3.63, 3.8) is 0 Å². The van der Waals surface area contributed by atoms with E-state index in [0.29, 0.717) is 21.4 Å². The van der Waals surface area contributed by atoms with Gasteiger partial charge in [0, 0.05) is 28.4 Å². The van der Waals surface area contributed by atoms with E-state index in [2.05, 4.69) is 15.5 Å². The number of nitro benzene ring substituents is 1. The molecule has 1 amide bonds. The van der Waals surface area contributed by atoms with Crippen LogP contribution in [0.3, 0.4) is 0 Å². The topological polar surface area (TPSA) is 98.0 Å². The lowest BCUT2D eigenvalue weighted by molar-refractivity contribution is -0.384. The second kappa shape index (κ2) is 8.61. The lowest BCUT2D eigenvalue weighted by Crippen LogP contribution is -2.14. The molecule has 2 aromatic carbocycles. The van der Waals surface area contributed by atoms with Crippen LogP contribution in [0.4, 0.5) is 11.4 Å². The zero-order valence-electron chi connectivity index (χ0n) is 13.8. The number of hydrogen-bond acceptors (Lipinski definition) is 6. The van der Waals surface area contributed by atoms with Crippen LogP contribution in [0.2, 0.25) is 5.02 Å². The quantitative estimate of drug-likeness (QED) is 0.373. The molecule has 1 aromatic heterocycles. The third-order valence-corrected chi connectivity index (χ3v) is 4.64. The Labute approximate surface area is 163 Å². The van der Waals surface area contributed by atoms with Crippen LogP contribution in [0, 0.1) is 10.1 Å². The van der Waals surface area contributed by atoms with Gasteiger partial charge in [0.05, 0.1) is 16.4 Å². The highest BCUT2D eigenvalue weighted by Gasteiger charge is 2.09. The van der Waals surface area contributed by atoms with Crippen molar-refractivity contribution < 1.29 is 9.72 Å². The molecule has 136 valence electrons. The normalized spacial score (nSPS) is 10.4. The summed E-state index contributed by atoms with van der Waals surface area (Å²) in [7, 11) is 0. The molecule has 0 aliphatic carbocycles. The third kappa shape index (κ3) is 5.25. The second-order valence-corrected chi connectivity index (χ2v) is 6.84. The lowest BCUT2D eigenvalue weighted by atomic mass is 10.1. The van der Waals surface area contributed by atoms with E-state index in [4.69, 9.17) is 11.6 Å². The highest BCUT2D eigenvalue weighted by atomic mass is 35.5. The van der Waals surface area contributed by atoms with Crippen LogP contribution in [0.15, 0.2) is 65.7 Å². The Kier molecular flexibility index (Phi) is 6.00. The monoisotopic (exact) mass is 400 g/mol. The Balaban J connectivity index is 1.56. The predicted octanol–water partition coefficient (Wildman–Crippen LogP) is 4.44. The average Bonchev–Trinajstić information content (AvgIpc) is 2.68. The first-order valence-corrected chi connectivity index (χ1v) is 9.14. The van der Waals surface area contributed by atoms with Gasteiger partial charge in [0.2, 0.25) is 5.91 Å². The van der Waals surface area contributed by atoms with E-state index in [0.717, 1.165) is 5.56 Å². The molecule has 0 aliphatic heterocycles. The molecule has 0 saturated carbocycles. The number of anilines is 1. The van der Waals surface area contributed by atoms with Gasteiger partial charge < -0.3 is 5.32 Å². The summed E-state index contributed by atoms with van der Waals surface area (Å²) in [4.78, 5) is 22.3. The number of carbonyl (C=O) groups excluding carboxylic acids is 1. The maximum atomic E-state index is 12.0. The number of amides is 1. The maximum Gasteiger partial charge on any atom is 0.271 e. The molecule has 1 heterocycles. The fraction of sp³-hybridized carbons (Fsp3) is 0.0556. The summed E-state index contributed by atoms with van der Waals surface area (Å²) in [6.45, 7) is 0. The van der Waals surface area contributed by atoms with Gasteiger partial charge in [-0.1, -0.05) is 41.6 Å². The summed E-state index contributed by atoms with van der Waals surface area (Å²) in [5.41, 5.74) is 1.90. The highest BCUT2D eigenvalue weighted by Crippen LogP contribution is 2.22. The highest BCUT2D eigenvalue weighted by molar-refractivity contribution is 7.99. The van der Waals surface area contributed by atoms with Crippen molar-refractivity contribution in [1.82, 2.24) is 10.2 Å². The van der Waals surface area contributed by atoms with Gasteiger partial charge in [-0.15, -0.1) is 10.2 Å². The van der Waals surface area contributed by atoms with Gasteiger partial charge >= 0.3 is 0 Å². The van der Waals surface area contributed by atoms with Crippen LogP contribution < -0.4 is 5.32 Å². The molecule has 3 rings (SSSR count). The smallest absolute Gasteiger partial charge is 0.271 e. The lowest BCUT2D eigenvalue weighted by Gasteiger charge is -2.05. The number of aromatic nitrogens is 2. The molecule has 1 N–H and O–H groups in total. The molecule has 0 atom stereocenters. The van der Waals surface area contributed by atoms with Crippen molar-refractivity contribution in [2.45, 2.75) is 5.03 Å². The first-order valence-electron chi connectivity index (χ1n) is 7.78. The number of non-ortho nitro benzene ring substituents is 1. The van der Waals surface area contributed by atoms with Gasteiger partial charge in [0.25, 0.3) is 5.69 Å². The summed E-state index contributed by atoms with van der Waals surface area (Å²) in [5.74, 6) is -0.179. The molecule has 0 aliphatic rings. The number of nitrogens with zero attached hydrogens (tertiary/aromatic N) is 3. The summed E-state index contributed by atoms with van der Waals surface area (Å²) in [5, 5.41) is 22.9. The number of benzene rings is 2. The fourth-order valence-corrected chi connectivity index (χ4v) is 2.95. The minimum Gasteiger partial charge on any atom is -0.325 e. The number of hydrogen-bond donors (Lipinski definition) is 1. The second-order valence-electron chi connectivity index (χ2n) is 5.41. The standard InChI is InChI=1S/C18H13ClN4O3S/c19-13-6-4-12(5-7-13)16-8-9-18(22-21-16)27-11-17(24)20-14-2-1-3-15(10-14)23(25)26/h1-10H,11H2,(H,20,24).